The first-order valence-electron chi connectivity index (χ1n) is 13.6. The molecule has 0 bridgehead atoms. The molecule has 4 N–H and O–H groups in total. The van der Waals surface area contributed by atoms with Crippen molar-refractivity contribution in [3.63, 3.8) is 0 Å². The van der Waals surface area contributed by atoms with Gasteiger partial charge in [0.25, 0.3) is 0 Å². The summed E-state index contributed by atoms with van der Waals surface area (Å²) in [4.78, 5) is 21.6. The van der Waals surface area contributed by atoms with Gasteiger partial charge < -0.3 is 34.0 Å². The first-order valence-corrected chi connectivity index (χ1v) is 15.1. The predicted octanol–water partition coefficient (Wildman–Crippen LogP) is 5.76. The summed E-state index contributed by atoms with van der Waals surface area (Å²) in [6, 6.07) is 9.99. The summed E-state index contributed by atoms with van der Waals surface area (Å²) >= 11 is 0. The van der Waals surface area contributed by atoms with Crippen LogP contribution in [0.25, 0.3) is 0 Å². The third-order valence-electron chi connectivity index (χ3n) is 5.56. The van der Waals surface area contributed by atoms with E-state index in [9.17, 15) is 5.11 Å². The number of unbranched alkanes of at least 4 members (excludes halogenated alkanes) is 11. The fraction of sp³-hybridized carbons (Fsp3) is 0.778. The molecule has 0 fully saturated rings. The Bertz CT molecular complexity index is 603. The molecule has 1 atom stereocenters. The van der Waals surface area contributed by atoms with Crippen LogP contribution in [0.2, 0.25) is 0 Å². The van der Waals surface area contributed by atoms with E-state index in [0.29, 0.717) is 19.8 Å². The molecule has 0 aliphatic rings. The van der Waals surface area contributed by atoms with Crippen molar-refractivity contribution in [2.24, 2.45) is 0 Å². The van der Waals surface area contributed by atoms with Crippen molar-refractivity contribution in [1.29, 1.82) is 0 Å². The molecule has 0 spiro atoms. The van der Waals surface area contributed by atoms with Gasteiger partial charge >= 0.3 is 7.82 Å². The average molecular weight is 535 g/mol. The van der Waals surface area contributed by atoms with Gasteiger partial charge in [0.2, 0.25) is 0 Å². The first-order chi connectivity index (χ1) is 17.4. The number of aliphatic hydroxyl groups excluding tert-OH is 1. The first kappa shape index (κ1) is 35.2. The highest BCUT2D eigenvalue weighted by atomic mass is 31.2. The van der Waals surface area contributed by atoms with Crippen LogP contribution >= 0.6 is 7.82 Å². The fourth-order valence-corrected chi connectivity index (χ4v) is 3.57. The van der Waals surface area contributed by atoms with Gasteiger partial charge in [-0.05, 0) is 18.4 Å². The molecular weight excluding hydrogens is 483 g/mol. The van der Waals surface area contributed by atoms with Gasteiger partial charge in [-0.2, -0.15) is 0 Å². The van der Waals surface area contributed by atoms with Crippen molar-refractivity contribution in [2.45, 2.75) is 103 Å². The van der Waals surface area contributed by atoms with E-state index in [1.165, 1.54) is 70.6 Å². The minimum Gasteiger partial charge on any atom is -0.394 e. The Labute approximate surface area is 218 Å². The summed E-state index contributed by atoms with van der Waals surface area (Å²) in [6.45, 7) is 5.41. The number of benzene rings is 1. The van der Waals surface area contributed by atoms with Crippen LogP contribution in [0.3, 0.4) is 0 Å². The molecule has 1 aromatic rings. The maximum Gasteiger partial charge on any atom is 0.466 e. The second-order valence-corrected chi connectivity index (χ2v) is 10.1. The van der Waals surface area contributed by atoms with Gasteiger partial charge in [-0.15, -0.1) is 0 Å². The Morgan fingerprint density at radius 2 is 1.19 bits per heavy atom. The second-order valence-electron chi connectivity index (χ2n) is 9.04. The van der Waals surface area contributed by atoms with Gasteiger partial charge in [-0.25, -0.2) is 4.57 Å². The van der Waals surface area contributed by atoms with Crippen LogP contribution in [0.1, 0.15) is 96.0 Å². The van der Waals surface area contributed by atoms with E-state index in [4.69, 9.17) is 33.5 Å². The van der Waals surface area contributed by atoms with Crippen molar-refractivity contribution in [2.75, 3.05) is 33.0 Å². The summed E-state index contributed by atoms with van der Waals surface area (Å²) in [5.41, 5.74) is 1.10. The summed E-state index contributed by atoms with van der Waals surface area (Å²) in [5.74, 6) is 0. The van der Waals surface area contributed by atoms with Crippen LogP contribution in [-0.4, -0.2) is 58.9 Å². The number of hydrogen-bond donors (Lipinski definition) is 4. The molecule has 0 aliphatic carbocycles. The highest BCUT2D eigenvalue weighted by Gasteiger charge is 2.08. The van der Waals surface area contributed by atoms with Gasteiger partial charge in [0, 0.05) is 19.8 Å². The molecule has 0 radical (unpaired) electrons. The maximum atomic E-state index is 9.42. The van der Waals surface area contributed by atoms with Crippen molar-refractivity contribution in [1.82, 2.24) is 0 Å². The lowest BCUT2D eigenvalue weighted by molar-refractivity contribution is -0.0522. The van der Waals surface area contributed by atoms with Gasteiger partial charge in [0.1, 0.15) is 6.10 Å². The van der Waals surface area contributed by atoms with E-state index < -0.39 is 7.82 Å². The number of hydrogen-bond acceptors (Lipinski definition) is 5. The molecule has 0 saturated heterocycles. The Hall–Kier alpha value is -0.830. The molecule has 1 aromatic carbocycles. The third-order valence-corrected chi connectivity index (χ3v) is 5.56. The molecule has 0 saturated carbocycles. The minimum absolute atomic E-state index is 0.0255. The summed E-state index contributed by atoms with van der Waals surface area (Å²) < 4.78 is 25.9. The van der Waals surface area contributed by atoms with Crippen LogP contribution < -0.4 is 0 Å². The predicted molar refractivity (Wildman–Crippen MR) is 144 cm³/mol. The zero-order valence-corrected chi connectivity index (χ0v) is 23.2. The van der Waals surface area contributed by atoms with E-state index >= 15 is 0 Å². The topological polar surface area (TPSA) is 126 Å². The van der Waals surface area contributed by atoms with Gasteiger partial charge in [0.05, 0.1) is 19.8 Å². The SMILES string of the molecule is CCCCCCCCCCCCCCOCCCOCC(CO)OCc1ccccc1.O=P(O)(O)O. The Morgan fingerprint density at radius 1 is 0.722 bits per heavy atom. The summed E-state index contributed by atoms with van der Waals surface area (Å²) in [7, 11) is -4.64. The smallest absolute Gasteiger partial charge is 0.394 e. The quantitative estimate of drug-likeness (QED) is 0.103. The lowest BCUT2D eigenvalue weighted by atomic mass is 10.1. The van der Waals surface area contributed by atoms with E-state index in [1.54, 1.807) is 0 Å². The summed E-state index contributed by atoms with van der Waals surface area (Å²) in [5, 5.41) is 9.42. The van der Waals surface area contributed by atoms with Crippen molar-refractivity contribution in [3.8, 4) is 0 Å². The lowest BCUT2D eigenvalue weighted by Gasteiger charge is -2.15. The number of phosphoric acid groups is 1. The minimum atomic E-state index is -4.64. The Morgan fingerprint density at radius 3 is 1.72 bits per heavy atom. The van der Waals surface area contributed by atoms with E-state index in [0.717, 1.165) is 31.6 Å². The van der Waals surface area contributed by atoms with Gasteiger partial charge in [-0.3, -0.25) is 0 Å². The monoisotopic (exact) mass is 534 g/mol. The normalized spacial score (nSPS) is 12.2. The molecular formula is C27H51O8P. The zero-order valence-electron chi connectivity index (χ0n) is 22.3. The molecule has 36 heavy (non-hydrogen) atoms. The standard InChI is InChI=1S/C27H48O4.H3O4P/c1-2-3-4-5-6-7-8-9-10-11-12-16-20-29-21-17-22-30-25-27(23-28)31-24-26-18-14-13-15-19-26;1-5(2,3)4/h13-15,18-19,27-28H,2-12,16-17,20-25H2,1H3;(H3,1,2,3,4). The van der Waals surface area contributed by atoms with E-state index in [-0.39, 0.29) is 12.7 Å². The van der Waals surface area contributed by atoms with Crippen molar-refractivity contribution >= 4 is 7.82 Å². The number of rotatable bonds is 23. The summed E-state index contributed by atoms with van der Waals surface area (Å²) in [6.07, 6.45) is 17.0. The lowest BCUT2D eigenvalue weighted by Crippen LogP contribution is -2.24. The molecule has 0 aliphatic heterocycles. The highest BCUT2D eigenvalue weighted by Crippen LogP contribution is 2.25. The molecule has 1 unspecified atom stereocenters. The van der Waals surface area contributed by atoms with Gasteiger partial charge in [0.15, 0.2) is 0 Å². The molecule has 1 rings (SSSR count). The van der Waals surface area contributed by atoms with Crippen LogP contribution in [0.5, 0.6) is 0 Å². The fourth-order valence-electron chi connectivity index (χ4n) is 3.57. The average Bonchev–Trinajstić information content (AvgIpc) is 2.84. The van der Waals surface area contributed by atoms with Crippen LogP contribution in [0.15, 0.2) is 30.3 Å². The van der Waals surface area contributed by atoms with Gasteiger partial charge in [-0.1, -0.05) is 108 Å². The second kappa shape index (κ2) is 25.8. The Balaban J connectivity index is 0.00000222. The van der Waals surface area contributed by atoms with E-state index in [2.05, 4.69) is 6.92 Å². The van der Waals surface area contributed by atoms with Crippen LogP contribution in [-0.2, 0) is 25.4 Å². The van der Waals surface area contributed by atoms with Crippen molar-refractivity contribution in [3.05, 3.63) is 35.9 Å². The maximum absolute atomic E-state index is 9.42. The molecule has 0 amide bonds. The van der Waals surface area contributed by atoms with Crippen LogP contribution in [0.4, 0.5) is 0 Å². The Kier molecular flexibility index (Phi) is 25.2. The molecule has 8 nitrogen and oxygen atoms in total. The number of ether oxygens (including phenoxy) is 3. The molecule has 0 heterocycles. The third kappa shape index (κ3) is 29.4. The molecule has 0 aromatic heterocycles. The zero-order chi connectivity index (χ0) is 26.7. The largest absolute Gasteiger partial charge is 0.466 e. The molecule has 212 valence electrons. The van der Waals surface area contributed by atoms with Crippen molar-refractivity contribution < 1.29 is 38.6 Å². The van der Waals surface area contributed by atoms with Crippen LogP contribution in [0, 0.1) is 0 Å². The van der Waals surface area contributed by atoms with E-state index in [1.807, 2.05) is 30.3 Å². The highest BCUT2D eigenvalue weighted by molar-refractivity contribution is 7.45. The molecule has 9 heteroatoms. The number of aliphatic hydroxyl groups is 1.